The SMILES string of the molecule is Nn1cnn(CC(F)(F)F)c1=S. The fourth-order valence-electron chi connectivity index (χ4n) is 0.628. The molecule has 0 saturated heterocycles. The number of alkyl halides is 3. The zero-order chi connectivity index (χ0) is 9.35. The summed E-state index contributed by atoms with van der Waals surface area (Å²) in [6.07, 6.45) is -3.30. The van der Waals surface area contributed by atoms with E-state index < -0.39 is 12.7 Å². The van der Waals surface area contributed by atoms with Crippen LogP contribution in [0.4, 0.5) is 13.2 Å². The van der Waals surface area contributed by atoms with Crippen LogP contribution in [-0.2, 0) is 6.54 Å². The van der Waals surface area contributed by atoms with E-state index in [1.54, 1.807) is 0 Å². The standard InChI is InChI=1S/C4H5F3N4S/c5-4(6,7)1-11-3(12)10(8)2-9-11/h2H,1,8H2. The molecule has 0 radical (unpaired) electrons. The Hall–Kier alpha value is -1.05. The van der Waals surface area contributed by atoms with E-state index in [0.717, 1.165) is 11.0 Å². The molecule has 1 heterocycles. The summed E-state index contributed by atoms with van der Waals surface area (Å²) >= 11 is 4.53. The number of hydrogen-bond acceptors (Lipinski definition) is 3. The fraction of sp³-hybridized carbons (Fsp3) is 0.500. The highest BCUT2D eigenvalue weighted by atomic mass is 32.1. The minimum absolute atomic E-state index is 0.160. The predicted molar refractivity (Wildman–Crippen MR) is 37.3 cm³/mol. The number of rotatable bonds is 1. The summed E-state index contributed by atoms with van der Waals surface area (Å²) < 4.78 is 36.6. The van der Waals surface area contributed by atoms with Crippen molar-refractivity contribution in [3.05, 3.63) is 11.1 Å². The van der Waals surface area contributed by atoms with E-state index in [1.165, 1.54) is 0 Å². The highest BCUT2D eigenvalue weighted by Crippen LogP contribution is 2.16. The van der Waals surface area contributed by atoms with Crippen LogP contribution in [0, 0.1) is 4.77 Å². The molecule has 8 heteroatoms. The molecule has 0 aromatic carbocycles. The summed E-state index contributed by atoms with van der Waals surface area (Å²) in [5.41, 5.74) is 0. The Morgan fingerprint density at radius 1 is 1.58 bits per heavy atom. The zero-order valence-corrected chi connectivity index (χ0v) is 6.56. The van der Waals surface area contributed by atoms with Gasteiger partial charge in [0.2, 0.25) is 4.77 Å². The highest BCUT2D eigenvalue weighted by molar-refractivity contribution is 7.71. The molecule has 0 aliphatic heterocycles. The van der Waals surface area contributed by atoms with Crippen molar-refractivity contribution in [3.63, 3.8) is 0 Å². The van der Waals surface area contributed by atoms with Gasteiger partial charge in [-0.3, -0.25) is 0 Å². The molecule has 0 amide bonds. The number of aromatic nitrogens is 3. The van der Waals surface area contributed by atoms with E-state index in [0.29, 0.717) is 4.68 Å². The third-order valence-corrected chi connectivity index (χ3v) is 1.51. The van der Waals surface area contributed by atoms with Crippen LogP contribution >= 0.6 is 12.2 Å². The van der Waals surface area contributed by atoms with Gasteiger partial charge in [0.1, 0.15) is 12.9 Å². The van der Waals surface area contributed by atoms with Crippen LogP contribution in [0.25, 0.3) is 0 Å². The van der Waals surface area contributed by atoms with Crippen molar-refractivity contribution in [2.24, 2.45) is 0 Å². The Balaban J connectivity index is 2.91. The molecular weight excluding hydrogens is 193 g/mol. The first-order chi connectivity index (χ1) is 5.40. The minimum atomic E-state index is -4.33. The molecule has 0 aliphatic rings. The lowest BCUT2D eigenvalue weighted by atomic mass is 10.6. The molecule has 1 aromatic heterocycles. The molecule has 1 rings (SSSR count). The third-order valence-electron chi connectivity index (χ3n) is 1.09. The smallest absolute Gasteiger partial charge is 0.336 e. The molecule has 0 bridgehead atoms. The van der Waals surface area contributed by atoms with Crippen molar-refractivity contribution in [1.29, 1.82) is 0 Å². The summed E-state index contributed by atoms with van der Waals surface area (Å²) in [6.45, 7) is -1.21. The molecule has 0 spiro atoms. The van der Waals surface area contributed by atoms with E-state index in [9.17, 15) is 13.2 Å². The molecule has 12 heavy (non-hydrogen) atoms. The average molecular weight is 198 g/mol. The first kappa shape index (κ1) is 9.04. The van der Waals surface area contributed by atoms with Crippen molar-refractivity contribution in [3.8, 4) is 0 Å². The summed E-state index contributed by atoms with van der Waals surface area (Å²) in [5.74, 6) is 5.12. The maximum absolute atomic E-state index is 11.8. The molecule has 0 fully saturated rings. The molecule has 0 unspecified atom stereocenters. The Kier molecular flexibility index (Phi) is 2.09. The second-order valence-electron chi connectivity index (χ2n) is 2.09. The summed E-state index contributed by atoms with van der Waals surface area (Å²) in [4.78, 5) is 0. The molecule has 1 aromatic rings. The number of nitrogen functional groups attached to an aromatic ring is 1. The van der Waals surface area contributed by atoms with E-state index in [2.05, 4.69) is 17.3 Å². The third kappa shape index (κ3) is 1.97. The zero-order valence-electron chi connectivity index (χ0n) is 5.75. The lowest BCUT2D eigenvalue weighted by molar-refractivity contribution is -0.142. The quantitative estimate of drug-likeness (QED) is 0.533. The van der Waals surface area contributed by atoms with Crippen LogP contribution in [0.15, 0.2) is 6.33 Å². The van der Waals surface area contributed by atoms with Crippen molar-refractivity contribution >= 4 is 12.2 Å². The highest BCUT2D eigenvalue weighted by Gasteiger charge is 2.29. The summed E-state index contributed by atoms with van der Waals surface area (Å²) in [5, 5.41) is 3.33. The van der Waals surface area contributed by atoms with Crippen molar-refractivity contribution in [2.75, 3.05) is 5.84 Å². The van der Waals surface area contributed by atoms with Gasteiger partial charge in [0.05, 0.1) is 0 Å². The Morgan fingerprint density at radius 3 is 2.50 bits per heavy atom. The van der Waals surface area contributed by atoms with Gasteiger partial charge in [-0.2, -0.15) is 18.3 Å². The van der Waals surface area contributed by atoms with E-state index >= 15 is 0 Å². The number of halogens is 3. The molecule has 4 nitrogen and oxygen atoms in total. The van der Waals surface area contributed by atoms with Crippen LogP contribution < -0.4 is 5.84 Å². The maximum Gasteiger partial charge on any atom is 0.408 e. The van der Waals surface area contributed by atoms with Crippen molar-refractivity contribution in [1.82, 2.24) is 14.5 Å². The summed E-state index contributed by atoms with van der Waals surface area (Å²) in [7, 11) is 0. The van der Waals surface area contributed by atoms with Gasteiger partial charge >= 0.3 is 6.18 Å². The predicted octanol–water partition coefficient (Wildman–Crippen LogP) is 0.690. The average Bonchev–Trinajstić information content (AvgIpc) is 2.16. The lowest BCUT2D eigenvalue weighted by Gasteiger charge is -2.04. The van der Waals surface area contributed by atoms with Crippen LogP contribution in [-0.4, -0.2) is 20.6 Å². The molecule has 0 saturated carbocycles. The van der Waals surface area contributed by atoms with Gasteiger partial charge in [0.15, 0.2) is 0 Å². The van der Waals surface area contributed by atoms with E-state index in [4.69, 9.17) is 5.84 Å². The topological polar surface area (TPSA) is 48.8 Å². The van der Waals surface area contributed by atoms with Gasteiger partial charge in [-0.1, -0.05) is 0 Å². The first-order valence-electron chi connectivity index (χ1n) is 2.86. The van der Waals surface area contributed by atoms with Crippen LogP contribution in [0.5, 0.6) is 0 Å². The molecular formula is C4H5F3N4S. The monoisotopic (exact) mass is 198 g/mol. The van der Waals surface area contributed by atoms with E-state index in [1.807, 2.05) is 0 Å². The van der Waals surface area contributed by atoms with Crippen molar-refractivity contribution in [2.45, 2.75) is 12.7 Å². The van der Waals surface area contributed by atoms with Crippen molar-refractivity contribution < 1.29 is 13.2 Å². The first-order valence-corrected chi connectivity index (χ1v) is 3.27. The molecule has 2 N–H and O–H groups in total. The molecule has 0 atom stereocenters. The largest absolute Gasteiger partial charge is 0.408 e. The second-order valence-corrected chi connectivity index (χ2v) is 2.46. The fourth-order valence-corrected chi connectivity index (χ4v) is 0.787. The normalized spacial score (nSPS) is 11.9. The van der Waals surface area contributed by atoms with Gasteiger partial charge in [0.25, 0.3) is 0 Å². The van der Waals surface area contributed by atoms with Gasteiger partial charge < -0.3 is 5.84 Å². The second kappa shape index (κ2) is 2.77. The number of hydrogen-bond donors (Lipinski definition) is 1. The van der Waals surface area contributed by atoms with Gasteiger partial charge in [-0.25, -0.2) is 9.36 Å². The Morgan fingerprint density at radius 2 is 2.17 bits per heavy atom. The van der Waals surface area contributed by atoms with Gasteiger partial charge in [-0.15, -0.1) is 0 Å². The van der Waals surface area contributed by atoms with Crippen LogP contribution in [0.1, 0.15) is 0 Å². The maximum atomic E-state index is 11.8. The molecule has 68 valence electrons. The Bertz CT molecular complexity index is 324. The molecule has 0 aliphatic carbocycles. The van der Waals surface area contributed by atoms with Gasteiger partial charge in [-0.05, 0) is 12.2 Å². The number of nitrogens with zero attached hydrogens (tertiary/aromatic N) is 3. The summed E-state index contributed by atoms with van der Waals surface area (Å²) in [6, 6.07) is 0. The van der Waals surface area contributed by atoms with Crippen LogP contribution in [0.2, 0.25) is 0 Å². The van der Waals surface area contributed by atoms with Gasteiger partial charge in [0, 0.05) is 0 Å². The number of nitrogens with two attached hydrogens (primary N) is 1. The van der Waals surface area contributed by atoms with Crippen LogP contribution in [0.3, 0.4) is 0 Å². The lowest BCUT2D eigenvalue weighted by Crippen LogP contribution is -2.19. The van der Waals surface area contributed by atoms with E-state index in [-0.39, 0.29) is 4.77 Å². The Labute approximate surface area is 70.4 Å². The minimum Gasteiger partial charge on any atom is -0.336 e.